The quantitative estimate of drug-likeness (QED) is 0.764. The number of nitrogens with one attached hydrogen (secondary N) is 1. The van der Waals surface area contributed by atoms with E-state index in [1.165, 1.54) is 12.8 Å². The van der Waals surface area contributed by atoms with Crippen LogP contribution in [0.3, 0.4) is 0 Å². The minimum Gasteiger partial charge on any atom is -0.465 e. The highest BCUT2D eigenvalue weighted by Gasteiger charge is 2.36. The molecule has 104 valence electrons. The van der Waals surface area contributed by atoms with Crippen molar-refractivity contribution in [3.8, 4) is 0 Å². The van der Waals surface area contributed by atoms with E-state index in [9.17, 15) is 4.79 Å². The Labute approximate surface area is 109 Å². The first-order valence-electron chi connectivity index (χ1n) is 7.29. The van der Waals surface area contributed by atoms with Crippen LogP contribution in [0, 0.1) is 0 Å². The van der Waals surface area contributed by atoms with Gasteiger partial charge in [-0.15, -0.1) is 0 Å². The number of ether oxygens (including phenoxy) is 2. The van der Waals surface area contributed by atoms with Gasteiger partial charge < -0.3 is 9.47 Å². The van der Waals surface area contributed by atoms with Gasteiger partial charge in [0.05, 0.1) is 18.8 Å². The summed E-state index contributed by atoms with van der Waals surface area (Å²) in [6, 6.07) is 0.178. The molecule has 1 aliphatic carbocycles. The van der Waals surface area contributed by atoms with E-state index < -0.39 is 0 Å². The molecule has 0 bridgehead atoms. The summed E-state index contributed by atoms with van der Waals surface area (Å²) in [4.78, 5) is 12.1. The van der Waals surface area contributed by atoms with E-state index in [2.05, 4.69) is 12.2 Å². The van der Waals surface area contributed by atoms with Crippen LogP contribution in [-0.2, 0) is 14.3 Å². The van der Waals surface area contributed by atoms with Crippen LogP contribution >= 0.6 is 0 Å². The van der Waals surface area contributed by atoms with Crippen LogP contribution in [-0.4, -0.2) is 36.9 Å². The molecule has 1 aliphatic heterocycles. The second-order valence-corrected chi connectivity index (χ2v) is 5.44. The number of hydrogen-bond acceptors (Lipinski definition) is 4. The Hall–Kier alpha value is -0.610. The topological polar surface area (TPSA) is 47.6 Å². The van der Waals surface area contributed by atoms with Gasteiger partial charge >= 0.3 is 5.97 Å². The van der Waals surface area contributed by atoms with E-state index in [1.807, 2.05) is 6.92 Å². The van der Waals surface area contributed by atoms with Crippen molar-refractivity contribution in [1.82, 2.24) is 5.32 Å². The molecule has 0 aromatic heterocycles. The van der Waals surface area contributed by atoms with Crippen LogP contribution in [0.25, 0.3) is 0 Å². The Morgan fingerprint density at radius 2 is 2.06 bits per heavy atom. The van der Waals surface area contributed by atoms with Gasteiger partial charge in [-0.25, -0.2) is 0 Å². The first-order valence-corrected chi connectivity index (χ1v) is 7.29. The zero-order valence-corrected chi connectivity index (χ0v) is 11.5. The third kappa shape index (κ3) is 3.45. The van der Waals surface area contributed by atoms with Crippen molar-refractivity contribution in [2.75, 3.05) is 6.61 Å². The van der Waals surface area contributed by atoms with E-state index in [0.717, 1.165) is 25.7 Å². The Bertz CT molecular complexity index is 276. The van der Waals surface area contributed by atoms with Gasteiger partial charge in [0, 0.05) is 6.04 Å². The molecule has 0 amide bonds. The molecule has 1 saturated carbocycles. The smallest absolute Gasteiger partial charge is 0.325 e. The lowest BCUT2D eigenvalue weighted by Gasteiger charge is -2.26. The van der Waals surface area contributed by atoms with E-state index >= 15 is 0 Å². The van der Waals surface area contributed by atoms with Gasteiger partial charge in [-0.2, -0.15) is 0 Å². The van der Waals surface area contributed by atoms with E-state index in [-0.39, 0.29) is 24.2 Å². The third-order valence-corrected chi connectivity index (χ3v) is 3.95. The summed E-state index contributed by atoms with van der Waals surface area (Å²) in [5.74, 6) is -0.150. The Morgan fingerprint density at radius 1 is 1.33 bits per heavy atom. The van der Waals surface area contributed by atoms with Crippen molar-refractivity contribution >= 4 is 5.97 Å². The van der Waals surface area contributed by atoms with Gasteiger partial charge in [0.1, 0.15) is 6.04 Å². The highest BCUT2D eigenvalue weighted by atomic mass is 16.5. The largest absolute Gasteiger partial charge is 0.465 e. The number of esters is 1. The van der Waals surface area contributed by atoms with Gasteiger partial charge in [0.2, 0.25) is 0 Å². The zero-order chi connectivity index (χ0) is 13.0. The number of carbonyl (C=O) groups excluding carboxylic acids is 1. The van der Waals surface area contributed by atoms with Crippen LogP contribution in [0.15, 0.2) is 0 Å². The monoisotopic (exact) mass is 255 g/mol. The molecule has 0 aromatic carbocycles. The highest BCUT2D eigenvalue weighted by molar-refractivity contribution is 5.76. The van der Waals surface area contributed by atoms with Crippen LogP contribution in [0.2, 0.25) is 0 Å². The Balaban J connectivity index is 1.94. The fraction of sp³-hybridized carbons (Fsp3) is 0.929. The molecular weight excluding hydrogens is 230 g/mol. The molecule has 1 saturated heterocycles. The molecule has 3 unspecified atom stereocenters. The Morgan fingerprint density at radius 3 is 2.61 bits per heavy atom. The van der Waals surface area contributed by atoms with Crippen molar-refractivity contribution in [3.05, 3.63) is 0 Å². The molecule has 2 fully saturated rings. The summed E-state index contributed by atoms with van der Waals surface area (Å²) in [7, 11) is 0. The standard InChI is InChI=1S/C14H25NO3/c1-3-17-14(16)13(12-9-8-10(2)18-12)15-11-6-4-5-7-11/h10-13,15H,3-9H2,1-2H3. The molecule has 0 radical (unpaired) electrons. The molecule has 0 spiro atoms. The van der Waals surface area contributed by atoms with Crippen LogP contribution in [0.1, 0.15) is 52.4 Å². The summed E-state index contributed by atoms with van der Waals surface area (Å²) in [6.45, 7) is 4.35. The molecule has 2 aliphatic rings. The SMILES string of the molecule is CCOC(=O)C(NC1CCCC1)C1CCC(C)O1. The fourth-order valence-electron chi connectivity index (χ4n) is 2.98. The summed E-state index contributed by atoms with van der Waals surface area (Å²) >= 11 is 0. The van der Waals surface area contributed by atoms with Gasteiger partial charge in [0.25, 0.3) is 0 Å². The average molecular weight is 255 g/mol. The number of carbonyl (C=O) groups is 1. The predicted molar refractivity (Wildman–Crippen MR) is 69.4 cm³/mol. The maximum absolute atomic E-state index is 12.1. The van der Waals surface area contributed by atoms with Gasteiger partial charge in [0.15, 0.2) is 0 Å². The molecule has 4 heteroatoms. The minimum absolute atomic E-state index is 0.0142. The van der Waals surface area contributed by atoms with Gasteiger partial charge in [-0.3, -0.25) is 10.1 Å². The van der Waals surface area contributed by atoms with E-state index in [4.69, 9.17) is 9.47 Å². The van der Waals surface area contributed by atoms with Crippen LogP contribution < -0.4 is 5.32 Å². The number of hydrogen-bond donors (Lipinski definition) is 1. The highest BCUT2D eigenvalue weighted by Crippen LogP contribution is 2.25. The molecule has 0 aromatic rings. The van der Waals surface area contributed by atoms with Crippen LogP contribution in [0.4, 0.5) is 0 Å². The maximum Gasteiger partial charge on any atom is 0.325 e. The van der Waals surface area contributed by atoms with E-state index in [1.54, 1.807) is 0 Å². The lowest BCUT2D eigenvalue weighted by atomic mass is 10.1. The minimum atomic E-state index is -0.280. The van der Waals surface area contributed by atoms with Crippen molar-refractivity contribution in [2.45, 2.75) is 76.7 Å². The molecule has 18 heavy (non-hydrogen) atoms. The second kappa shape index (κ2) is 6.53. The molecule has 3 atom stereocenters. The van der Waals surface area contributed by atoms with Crippen molar-refractivity contribution < 1.29 is 14.3 Å². The Kier molecular flexibility index (Phi) is 5.01. The molecule has 4 nitrogen and oxygen atoms in total. The summed E-state index contributed by atoms with van der Waals surface area (Å²) in [5, 5.41) is 3.46. The number of rotatable bonds is 5. The summed E-state index contributed by atoms with van der Waals surface area (Å²) in [6.07, 6.45) is 7.08. The third-order valence-electron chi connectivity index (χ3n) is 3.95. The summed E-state index contributed by atoms with van der Waals surface area (Å²) in [5.41, 5.74) is 0. The van der Waals surface area contributed by atoms with Crippen molar-refractivity contribution in [2.24, 2.45) is 0 Å². The first-order chi connectivity index (χ1) is 8.70. The lowest BCUT2D eigenvalue weighted by Crippen LogP contribution is -2.50. The lowest BCUT2D eigenvalue weighted by molar-refractivity contribution is -0.150. The van der Waals surface area contributed by atoms with Crippen molar-refractivity contribution in [3.63, 3.8) is 0 Å². The fourth-order valence-corrected chi connectivity index (χ4v) is 2.98. The van der Waals surface area contributed by atoms with E-state index in [0.29, 0.717) is 12.6 Å². The normalized spacial score (nSPS) is 30.6. The maximum atomic E-state index is 12.1. The van der Waals surface area contributed by atoms with Crippen molar-refractivity contribution in [1.29, 1.82) is 0 Å². The van der Waals surface area contributed by atoms with Crippen LogP contribution in [0.5, 0.6) is 0 Å². The zero-order valence-electron chi connectivity index (χ0n) is 11.5. The first kappa shape index (κ1) is 13.8. The predicted octanol–water partition coefficient (Wildman–Crippen LogP) is 2.02. The van der Waals surface area contributed by atoms with Gasteiger partial charge in [-0.05, 0) is 39.5 Å². The summed E-state index contributed by atoms with van der Waals surface area (Å²) < 4.78 is 11.0. The average Bonchev–Trinajstić information content (AvgIpc) is 2.97. The molecule has 2 rings (SSSR count). The molecular formula is C14H25NO3. The second-order valence-electron chi connectivity index (χ2n) is 5.44. The molecule has 1 N–H and O–H groups in total. The molecule has 1 heterocycles. The van der Waals surface area contributed by atoms with Gasteiger partial charge in [-0.1, -0.05) is 12.8 Å².